The lowest BCUT2D eigenvalue weighted by atomic mass is 10.1. The zero-order valence-electron chi connectivity index (χ0n) is 7.29. The van der Waals surface area contributed by atoms with Crippen LogP contribution in [0.3, 0.4) is 0 Å². The van der Waals surface area contributed by atoms with E-state index in [9.17, 15) is 0 Å². The largest absolute Gasteiger partial charge is 0.377 e. The highest BCUT2D eigenvalue weighted by atomic mass is 16.5. The van der Waals surface area contributed by atoms with Gasteiger partial charge in [0.05, 0.1) is 6.10 Å². The molecular weight excluding hydrogens is 136 g/mol. The quantitative estimate of drug-likeness (QED) is 0.629. The van der Waals surface area contributed by atoms with Crippen molar-refractivity contribution in [3.8, 4) is 0 Å². The fourth-order valence-electron chi connectivity index (χ4n) is 1.17. The van der Waals surface area contributed by atoms with E-state index in [0.717, 1.165) is 0 Å². The maximum Gasteiger partial charge on any atom is 0.0795 e. The fourth-order valence-corrected chi connectivity index (χ4v) is 1.17. The van der Waals surface area contributed by atoms with Crippen LogP contribution in [0.5, 0.6) is 0 Å². The number of methoxy groups -OCH3 is 1. The van der Waals surface area contributed by atoms with E-state index in [2.05, 4.69) is 26.0 Å². The molecule has 1 rings (SSSR count). The van der Waals surface area contributed by atoms with Gasteiger partial charge in [0.25, 0.3) is 0 Å². The van der Waals surface area contributed by atoms with E-state index < -0.39 is 0 Å². The summed E-state index contributed by atoms with van der Waals surface area (Å²) in [6, 6.07) is 8.29. The minimum absolute atomic E-state index is 0.205. The SMILES string of the molecule is CO[C@@H](C)c1ccccc1C. The zero-order valence-corrected chi connectivity index (χ0v) is 7.29. The lowest BCUT2D eigenvalue weighted by Gasteiger charge is -2.11. The van der Waals surface area contributed by atoms with Crippen LogP contribution in [0.1, 0.15) is 24.2 Å². The second-order valence-electron chi connectivity index (χ2n) is 2.73. The molecule has 0 saturated heterocycles. The van der Waals surface area contributed by atoms with Crippen LogP contribution >= 0.6 is 0 Å². The van der Waals surface area contributed by atoms with Crippen LogP contribution in [0, 0.1) is 6.92 Å². The monoisotopic (exact) mass is 150 g/mol. The first-order valence-corrected chi connectivity index (χ1v) is 3.84. The summed E-state index contributed by atoms with van der Waals surface area (Å²) in [5, 5.41) is 0. The van der Waals surface area contributed by atoms with Crippen LogP contribution in [-0.4, -0.2) is 7.11 Å². The van der Waals surface area contributed by atoms with Crippen LogP contribution < -0.4 is 0 Å². The molecule has 0 bridgehead atoms. The molecule has 0 heterocycles. The van der Waals surface area contributed by atoms with E-state index in [4.69, 9.17) is 4.74 Å². The Labute approximate surface area is 68.0 Å². The van der Waals surface area contributed by atoms with Gasteiger partial charge in [-0.15, -0.1) is 0 Å². The average Bonchev–Trinajstić information content (AvgIpc) is 2.04. The van der Waals surface area contributed by atoms with E-state index in [1.165, 1.54) is 11.1 Å². The summed E-state index contributed by atoms with van der Waals surface area (Å²) in [6.07, 6.45) is 0.205. The Bertz CT molecular complexity index is 230. The summed E-state index contributed by atoms with van der Waals surface area (Å²) in [5.74, 6) is 0. The van der Waals surface area contributed by atoms with Gasteiger partial charge in [-0.3, -0.25) is 0 Å². The first-order valence-electron chi connectivity index (χ1n) is 3.84. The van der Waals surface area contributed by atoms with Gasteiger partial charge in [-0.1, -0.05) is 24.3 Å². The van der Waals surface area contributed by atoms with Crippen molar-refractivity contribution in [3.63, 3.8) is 0 Å². The predicted octanol–water partition coefficient (Wildman–Crippen LogP) is 2.70. The molecule has 0 aliphatic carbocycles. The summed E-state index contributed by atoms with van der Waals surface area (Å²) in [7, 11) is 1.73. The number of hydrogen-bond acceptors (Lipinski definition) is 1. The third-order valence-corrected chi connectivity index (χ3v) is 1.98. The van der Waals surface area contributed by atoms with Crippen molar-refractivity contribution in [2.45, 2.75) is 20.0 Å². The topological polar surface area (TPSA) is 9.23 Å². The van der Waals surface area contributed by atoms with Crippen molar-refractivity contribution in [2.24, 2.45) is 0 Å². The van der Waals surface area contributed by atoms with Gasteiger partial charge in [-0.25, -0.2) is 0 Å². The van der Waals surface area contributed by atoms with Crippen LogP contribution in [-0.2, 0) is 4.74 Å². The molecule has 1 atom stereocenters. The molecule has 0 aliphatic heterocycles. The molecule has 0 radical (unpaired) electrons. The highest BCUT2D eigenvalue weighted by Gasteiger charge is 2.04. The molecule has 0 spiro atoms. The van der Waals surface area contributed by atoms with Gasteiger partial charge in [0.15, 0.2) is 0 Å². The molecule has 1 heteroatoms. The Morgan fingerprint density at radius 3 is 2.45 bits per heavy atom. The maximum absolute atomic E-state index is 5.22. The molecule has 0 unspecified atom stereocenters. The van der Waals surface area contributed by atoms with Gasteiger partial charge in [-0.05, 0) is 25.0 Å². The second-order valence-corrected chi connectivity index (χ2v) is 2.73. The smallest absolute Gasteiger partial charge is 0.0795 e. The molecular formula is C10H14O. The Balaban J connectivity index is 2.93. The second kappa shape index (κ2) is 3.54. The molecule has 60 valence electrons. The summed E-state index contributed by atoms with van der Waals surface area (Å²) in [5.41, 5.74) is 2.57. The van der Waals surface area contributed by atoms with Gasteiger partial charge in [0.1, 0.15) is 0 Å². The van der Waals surface area contributed by atoms with Crippen LogP contribution in [0.4, 0.5) is 0 Å². The van der Waals surface area contributed by atoms with Gasteiger partial charge in [0.2, 0.25) is 0 Å². The summed E-state index contributed by atoms with van der Waals surface area (Å²) < 4.78 is 5.22. The van der Waals surface area contributed by atoms with Crippen molar-refractivity contribution >= 4 is 0 Å². The Hall–Kier alpha value is -0.820. The molecule has 0 saturated carbocycles. The van der Waals surface area contributed by atoms with Crippen molar-refractivity contribution in [1.29, 1.82) is 0 Å². The number of aryl methyl sites for hydroxylation is 1. The standard InChI is InChI=1S/C10H14O/c1-8-6-4-5-7-10(8)9(2)11-3/h4-7,9H,1-3H3/t9-/m0/s1. The summed E-state index contributed by atoms with van der Waals surface area (Å²) >= 11 is 0. The number of hydrogen-bond donors (Lipinski definition) is 0. The number of ether oxygens (including phenoxy) is 1. The van der Waals surface area contributed by atoms with Crippen molar-refractivity contribution in [1.82, 2.24) is 0 Å². The van der Waals surface area contributed by atoms with Crippen molar-refractivity contribution in [3.05, 3.63) is 35.4 Å². The highest BCUT2D eigenvalue weighted by Crippen LogP contribution is 2.18. The predicted molar refractivity (Wildman–Crippen MR) is 46.6 cm³/mol. The lowest BCUT2D eigenvalue weighted by Crippen LogP contribution is -1.97. The van der Waals surface area contributed by atoms with E-state index in [-0.39, 0.29) is 6.10 Å². The molecule has 1 aromatic carbocycles. The molecule has 1 aromatic rings. The van der Waals surface area contributed by atoms with Crippen molar-refractivity contribution in [2.75, 3.05) is 7.11 Å². The Morgan fingerprint density at radius 1 is 1.27 bits per heavy atom. The first kappa shape index (κ1) is 8.28. The van der Waals surface area contributed by atoms with E-state index >= 15 is 0 Å². The molecule has 0 N–H and O–H groups in total. The minimum Gasteiger partial charge on any atom is -0.377 e. The minimum atomic E-state index is 0.205. The molecule has 0 aromatic heterocycles. The zero-order chi connectivity index (χ0) is 8.27. The van der Waals surface area contributed by atoms with Crippen molar-refractivity contribution < 1.29 is 4.74 Å². The van der Waals surface area contributed by atoms with Gasteiger partial charge in [-0.2, -0.15) is 0 Å². The lowest BCUT2D eigenvalue weighted by molar-refractivity contribution is 0.119. The van der Waals surface area contributed by atoms with E-state index in [1.54, 1.807) is 7.11 Å². The Kier molecular flexibility index (Phi) is 2.66. The average molecular weight is 150 g/mol. The maximum atomic E-state index is 5.22. The highest BCUT2D eigenvalue weighted by molar-refractivity contribution is 5.27. The van der Waals surface area contributed by atoms with E-state index in [0.29, 0.717) is 0 Å². The van der Waals surface area contributed by atoms with Gasteiger partial charge in [0, 0.05) is 7.11 Å². The third-order valence-electron chi connectivity index (χ3n) is 1.98. The van der Waals surface area contributed by atoms with E-state index in [1.807, 2.05) is 12.1 Å². The van der Waals surface area contributed by atoms with Crippen LogP contribution in [0.25, 0.3) is 0 Å². The first-order chi connectivity index (χ1) is 5.25. The van der Waals surface area contributed by atoms with Crippen LogP contribution in [0.2, 0.25) is 0 Å². The summed E-state index contributed by atoms with van der Waals surface area (Å²) in [4.78, 5) is 0. The molecule has 0 fully saturated rings. The van der Waals surface area contributed by atoms with Gasteiger partial charge < -0.3 is 4.74 Å². The number of benzene rings is 1. The van der Waals surface area contributed by atoms with Gasteiger partial charge >= 0.3 is 0 Å². The molecule has 11 heavy (non-hydrogen) atoms. The summed E-state index contributed by atoms with van der Waals surface area (Å²) in [6.45, 7) is 4.16. The Morgan fingerprint density at radius 2 is 1.91 bits per heavy atom. The number of rotatable bonds is 2. The molecule has 0 aliphatic rings. The fraction of sp³-hybridized carbons (Fsp3) is 0.400. The van der Waals surface area contributed by atoms with Crippen LogP contribution in [0.15, 0.2) is 24.3 Å². The normalized spacial score (nSPS) is 13.0. The molecule has 1 nitrogen and oxygen atoms in total. The third kappa shape index (κ3) is 1.81. The molecule has 0 amide bonds.